The molecule has 3 N–H and O–H groups in total. The lowest BCUT2D eigenvalue weighted by atomic mass is 10.3. The standard InChI is InChI=1S/C11H9ClF2N4O/c12-8-1-6(13)2-9(14)11(8)17-10(19)5-18-4-7(15)3-16-18/h1-4H,5,15H2,(H,17,19). The molecule has 1 aromatic heterocycles. The van der Waals surface area contributed by atoms with E-state index < -0.39 is 17.5 Å². The lowest BCUT2D eigenvalue weighted by Crippen LogP contribution is -2.20. The predicted octanol–water partition coefficient (Wildman–Crippen LogP) is 2.04. The fourth-order valence-corrected chi connectivity index (χ4v) is 1.70. The number of anilines is 2. The minimum atomic E-state index is -0.946. The summed E-state index contributed by atoms with van der Waals surface area (Å²) in [4.78, 5) is 11.6. The first-order valence-corrected chi connectivity index (χ1v) is 5.56. The quantitative estimate of drug-likeness (QED) is 0.907. The lowest BCUT2D eigenvalue weighted by Gasteiger charge is -2.08. The number of carbonyl (C=O) groups excluding carboxylic acids is 1. The largest absolute Gasteiger partial charge is 0.396 e. The Morgan fingerprint density at radius 1 is 1.47 bits per heavy atom. The van der Waals surface area contributed by atoms with Crippen molar-refractivity contribution in [3.63, 3.8) is 0 Å². The third-order valence-electron chi connectivity index (χ3n) is 2.23. The number of aromatic nitrogens is 2. The van der Waals surface area contributed by atoms with E-state index in [1.54, 1.807) is 0 Å². The molecule has 2 aromatic rings. The highest BCUT2D eigenvalue weighted by atomic mass is 35.5. The van der Waals surface area contributed by atoms with E-state index >= 15 is 0 Å². The lowest BCUT2D eigenvalue weighted by molar-refractivity contribution is -0.116. The van der Waals surface area contributed by atoms with E-state index in [2.05, 4.69) is 10.4 Å². The van der Waals surface area contributed by atoms with E-state index in [4.69, 9.17) is 17.3 Å². The molecule has 0 aliphatic carbocycles. The zero-order valence-corrected chi connectivity index (χ0v) is 10.3. The maximum atomic E-state index is 13.4. The SMILES string of the molecule is Nc1cnn(CC(=O)Nc2c(F)cc(F)cc2Cl)c1. The predicted molar refractivity (Wildman–Crippen MR) is 66.6 cm³/mol. The Bertz CT molecular complexity index is 606. The fraction of sp³-hybridized carbons (Fsp3) is 0.0909. The highest BCUT2D eigenvalue weighted by Gasteiger charge is 2.13. The number of hydrogen-bond acceptors (Lipinski definition) is 3. The van der Waals surface area contributed by atoms with E-state index in [1.807, 2.05) is 0 Å². The van der Waals surface area contributed by atoms with Crippen LogP contribution in [-0.4, -0.2) is 15.7 Å². The van der Waals surface area contributed by atoms with Crippen molar-refractivity contribution in [3.8, 4) is 0 Å². The van der Waals surface area contributed by atoms with Crippen LogP contribution in [0.1, 0.15) is 0 Å². The first kappa shape index (κ1) is 13.3. The van der Waals surface area contributed by atoms with Gasteiger partial charge in [0.2, 0.25) is 5.91 Å². The van der Waals surface area contributed by atoms with Gasteiger partial charge >= 0.3 is 0 Å². The first-order valence-electron chi connectivity index (χ1n) is 5.18. The molecule has 5 nitrogen and oxygen atoms in total. The van der Waals surface area contributed by atoms with E-state index in [9.17, 15) is 13.6 Å². The second kappa shape index (κ2) is 5.23. The number of nitrogens with zero attached hydrogens (tertiary/aromatic N) is 2. The van der Waals surface area contributed by atoms with Crippen LogP contribution >= 0.6 is 11.6 Å². The van der Waals surface area contributed by atoms with Gasteiger partial charge in [-0.2, -0.15) is 5.10 Å². The van der Waals surface area contributed by atoms with Gasteiger partial charge in [-0.05, 0) is 6.07 Å². The number of benzene rings is 1. The highest BCUT2D eigenvalue weighted by Crippen LogP contribution is 2.26. The molecule has 1 heterocycles. The van der Waals surface area contributed by atoms with Crippen molar-refractivity contribution < 1.29 is 13.6 Å². The van der Waals surface area contributed by atoms with E-state index in [-0.39, 0.29) is 17.3 Å². The molecule has 0 saturated carbocycles. The van der Waals surface area contributed by atoms with Crippen LogP contribution in [0.3, 0.4) is 0 Å². The maximum Gasteiger partial charge on any atom is 0.246 e. The second-order valence-corrected chi connectivity index (χ2v) is 4.17. The fourth-order valence-electron chi connectivity index (χ4n) is 1.45. The number of nitrogens with one attached hydrogen (secondary N) is 1. The molecule has 0 spiro atoms. The average molecular weight is 287 g/mol. The van der Waals surface area contributed by atoms with Crippen LogP contribution in [0.5, 0.6) is 0 Å². The third-order valence-corrected chi connectivity index (χ3v) is 2.53. The van der Waals surface area contributed by atoms with Gasteiger partial charge in [0, 0.05) is 12.3 Å². The molecule has 100 valence electrons. The van der Waals surface area contributed by atoms with Crippen LogP contribution in [0.2, 0.25) is 5.02 Å². The molecule has 0 aliphatic rings. The minimum Gasteiger partial charge on any atom is -0.396 e. The van der Waals surface area contributed by atoms with Crippen molar-refractivity contribution in [1.29, 1.82) is 0 Å². The van der Waals surface area contributed by atoms with Crippen LogP contribution in [0, 0.1) is 11.6 Å². The van der Waals surface area contributed by atoms with Crippen LogP contribution in [-0.2, 0) is 11.3 Å². The van der Waals surface area contributed by atoms with Gasteiger partial charge in [-0.1, -0.05) is 11.6 Å². The third kappa shape index (κ3) is 3.19. The number of halogens is 3. The molecular formula is C11H9ClF2N4O. The van der Waals surface area contributed by atoms with Crippen molar-refractivity contribution in [1.82, 2.24) is 9.78 Å². The molecule has 0 atom stereocenters. The zero-order valence-electron chi connectivity index (χ0n) is 9.53. The number of carbonyl (C=O) groups is 1. The van der Waals surface area contributed by atoms with Crippen LogP contribution in [0.4, 0.5) is 20.2 Å². The smallest absolute Gasteiger partial charge is 0.246 e. The molecule has 2 rings (SSSR count). The summed E-state index contributed by atoms with van der Waals surface area (Å²) in [5.41, 5.74) is 5.57. The second-order valence-electron chi connectivity index (χ2n) is 3.76. The Balaban J connectivity index is 2.11. The average Bonchev–Trinajstić information content (AvgIpc) is 2.69. The summed E-state index contributed by atoms with van der Waals surface area (Å²) < 4.78 is 27.5. The van der Waals surface area contributed by atoms with Gasteiger partial charge in [-0.3, -0.25) is 9.48 Å². The van der Waals surface area contributed by atoms with Crippen molar-refractivity contribution in [2.75, 3.05) is 11.1 Å². The van der Waals surface area contributed by atoms with Crippen molar-refractivity contribution in [2.24, 2.45) is 0 Å². The normalized spacial score (nSPS) is 10.5. The van der Waals surface area contributed by atoms with E-state index in [0.29, 0.717) is 11.8 Å². The summed E-state index contributed by atoms with van der Waals surface area (Å²) in [5, 5.41) is 5.83. The van der Waals surface area contributed by atoms with Gasteiger partial charge in [-0.15, -0.1) is 0 Å². The number of nitrogens with two attached hydrogens (primary N) is 1. The Hall–Kier alpha value is -2.15. The Labute approximate surface area is 112 Å². The van der Waals surface area contributed by atoms with Crippen LogP contribution in [0.25, 0.3) is 0 Å². The number of rotatable bonds is 3. The Kier molecular flexibility index (Phi) is 3.66. The number of amides is 1. The van der Waals surface area contributed by atoms with Gasteiger partial charge in [0.05, 0.1) is 22.6 Å². The molecule has 0 aliphatic heterocycles. The van der Waals surface area contributed by atoms with Gasteiger partial charge in [0.1, 0.15) is 12.4 Å². The first-order chi connectivity index (χ1) is 8.95. The van der Waals surface area contributed by atoms with E-state index in [1.165, 1.54) is 17.1 Å². The molecule has 0 fully saturated rings. The molecule has 1 aromatic carbocycles. The summed E-state index contributed by atoms with van der Waals surface area (Å²) in [6, 6.07) is 1.54. The van der Waals surface area contributed by atoms with Gasteiger partial charge in [0.25, 0.3) is 0 Å². The molecule has 8 heteroatoms. The van der Waals surface area contributed by atoms with Gasteiger partial charge in [-0.25, -0.2) is 8.78 Å². The van der Waals surface area contributed by atoms with Crippen molar-refractivity contribution in [2.45, 2.75) is 6.54 Å². The van der Waals surface area contributed by atoms with Crippen molar-refractivity contribution in [3.05, 3.63) is 41.2 Å². The van der Waals surface area contributed by atoms with Crippen LogP contribution in [0.15, 0.2) is 24.5 Å². The molecule has 0 radical (unpaired) electrons. The summed E-state index contributed by atoms with van der Waals surface area (Å²) in [6.07, 6.45) is 2.82. The molecule has 0 unspecified atom stereocenters. The summed E-state index contributed by atoms with van der Waals surface area (Å²) in [5.74, 6) is -2.32. The monoisotopic (exact) mass is 286 g/mol. The van der Waals surface area contributed by atoms with Crippen LogP contribution < -0.4 is 11.1 Å². The maximum absolute atomic E-state index is 13.4. The molecule has 1 amide bonds. The number of hydrogen-bond donors (Lipinski definition) is 2. The summed E-state index contributed by atoms with van der Waals surface area (Å²) in [6.45, 7) is -0.162. The number of nitrogen functional groups attached to an aromatic ring is 1. The van der Waals surface area contributed by atoms with Gasteiger partial charge < -0.3 is 11.1 Å². The van der Waals surface area contributed by atoms with Crippen molar-refractivity contribution >= 4 is 28.9 Å². The topological polar surface area (TPSA) is 72.9 Å². The summed E-state index contributed by atoms with van der Waals surface area (Å²) in [7, 11) is 0. The molecule has 0 bridgehead atoms. The minimum absolute atomic E-state index is 0.162. The zero-order chi connectivity index (χ0) is 14.0. The van der Waals surface area contributed by atoms with Gasteiger partial charge in [0.15, 0.2) is 5.82 Å². The molecule has 0 saturated heterocycles. The highest BCUT2D eigenvalue weighted by molar-refractivity contribution is 6.33. The van der Waals surface area contributed by atoms with E-state index in [0.717, 1.165) is 6.07 Å². The summed E-state index contributed by atoms with van der Waals surface area (Å²) >= 11 is 5.65. The molecular weight excluding hydrogens is 278 g/mol. The molecule has 19 heavy (non-hydrogen) atoms. The Morgan fingerprint density at radius 3 is 2.79 bits per heavy atom. The Morgan fingerprint density at radius 2 is 2.21 bits per heavy atom.